The fourth-order valence-corrected chi connectivity index (χ4v) is 1.35. The van der Waals surface area contributed by atoms with Crippen LogP contribution in [0.4, 0.5) is 0 Å². The first-order valence-corrected chi connectivity index (χ1v) is 4.49. The highest BCUT2D eigenvalue weighted by Crippen LogP contribution is 2.24. The summed E-state index contributed by atoms with van der Waals surface area (Å²) in [7, 11) is 0. The lowest BCUT2D eigenvalue weighted by molar-refractivity contribution is -0.139. The number of nitrogens with one attached hydrogen (secondary N) is 1. The van der Waals surface area contributed by atoms with E-state index >= 15 is 0 Å². The summed E-state index contributed by atoms with van der Waals surface area (Å²) in [6.45, 7) is 4.24. The Hall–Kier alpha value is -1.01. The third-order valence-corrected chi connectivity index (χ3v) is 2.30. The van der Waals surface area contributed by atoms with Crippen LogP contribution in [0.2, 0.25) is 0 Å². The Morgan fingerprint density at radius 3 is 2.92 bits per heavy atom. The van der Waals surface area contributed by atoms with E-state index in [0.29, 0.717) is 6.61 Å². The van der Waals surface area contributed by atoms with E-state index in [1.165, 1.54) is 0 Å². The molecule has 3 nitrogen and oxygen atoms in total. The zero-order valence-corrected chi connectivity index (χ0v) is 8.09. The molecule has 0 aromatic heterocycles. The van der Waals surface area contributed by atoms with E-state index in [1.807, 2.05) is 0 Å². The van der Waals surface area contributed by atoms with E-state index in [0.717, 1.165) is 12.8 Å². The van der Waals surface area contributed by atoms with Crippen LogP contribution in [0.1, 0.15) is 26.7 Å². The molecule has 2 atom stereocenters. The van der Waals surface area contributed by atoms with Crippen LogP contribution in [0.3, 0.4) is 0 Å². The number of amides is 1. The predicted octanol–water partition coefficient (Wildman–Crippen LogP) is 0.693. The fraction of sp³-hybridized carbons (Fsp3) is 0.700. The second-order valence-electron chi connectivity index (χ2n) is 3.54. The average molecular weight is 181 g/mol. The van der Waals surface area contributed by atoms with Gasteiger partial charge in [0.25, 0.3) is 5.91 Å². The van der Waals surface area contributed by atoms with Crippen molar-refractivity contribution in [2.75, 3.05) is 6.61 Å². The maximum absolute atomic E-state index is 11.6. The van der Waals surface area contributed by atoms with Gasteiger partial charge in [-0.1, -0.05) is 5.92 Å². The van der Waals surface area contributed by atoms with Crippen LogP contribution in [0, 0.1) is 12.3 Å². The monoisotopic (exact) mass is 181 g/mol. The van der Waals surface area contributed by atoms with E-state index in [1.54, 1.807) is 13.8 Å². The number of carbonyl (C=O) groups is 1. The van der Waals surface area contributed by atoms with Gasteiger partial charge in [-0.05, 0) is 26.7 Å². The molecule has 0 radical (unpaired) electrons. The summed E-state index contributed by atoms with van der Waals surface area (Å²) in [5.74, 6) is 2.35. The zero-order valence-electron chi connectivity index (χ0n) is 8.09. The quantitative estimate of drug-likeness (QED) is 0.637. The van der Waals surface area contributed by atoms with Crippen molar-refractivity contribution in [3.8, 4) is 12.3 Å². The second kappa shape index (κ2) is 3.80. The molecule has 1 aliphatic rings. The minimum Gasteiger partial charge on any atom is -0.365 e. The average Bonchev–Trinajstić information content (AvgIpc) is 2.53. The lowest BCUT2D eigenvalue weighted by Gasteiger charge is -2.22. The van der Waals surface area contributed by atoms with Crippen LogP contribution in [0.15, 0.2) is 0 Å². The van der Waals surface area contributed by atoms with Crippen LogP contribution in [-0.2, 0) is 9.53 Å². The Morgan fingerprint density at radius 2 is 2.46 bits per heavy atom. The van der Waals surface area contributed by atoms with Gasteiger partial charge in [0.1, 0.15) is 5.60 Å². The minimum atomic E-state index is -0.662. The molecular weight excluding hydrogens is 166 g/mol. The molecule has 3 heteroatoms. The van der Waals surface area contributed by atoms with Crippen molar-refractivity contribution in [1.29, 1.82) is 0 Å². The van der Waals surface area contributed by atoms with Crippen LogP contribution >= 0.6 is 0 Å². The molecule has 1 amide bonds. The summed E-state index contributed by atoms with van der Waals surface area (Å²) >= 11 is 0. The molecule has 0 bridgehead atoms. The first-order chi connectivity index (χ1) is 6.08. The zero-order chi connectivity index (χ0) is 9.90. The van der Waals surface area contributed by atoms with E-state index in [4.69, 9.17) is 11.2 Å². The number of terminal acetylenes is 1. The molecule has 1 N–H and O–H groups in total. The van der Waals surface area contributed by atoms with Gasteiger partial charge in [-0.2, -0.15) is 0 Å². The predicted molar refractivity (Wildman–Crippen MR) is 50.0 cm³/mol. The number of hydrogen-bond acceptors (Lipinski definition) is 2. The molecule has 0 spiro atoms. The Bertz CT molecular complexity index is 236. The van der Waals surface area contributed by atoms with E-state index in [2.05, 4.69) is 11.2 Å². The molecule has 13 heavy (non-hydrogen) atoms. The van der Waals surface area contributed by atoms with Crippen LogP contribution < -0.4 is 5.32 Å². The molecule has 2 unspecified atom stereocenters. The Kier molecular flexibility index (Phi) is 2.94. The SMILES string of the molecule is C#CC(C)NC(=O)C1(C)CCCO1. The van der Waals surface area contributed by atoms with Crippen molar-refractivity contribution in [2.24, 2.45) is 0 Å². The minimum absolute atomic E-state index is 0.101. The van der Waals surface area contributed by atoms with Crippen LogP contribution in [-0.4, -0.2) is 24.2 Å². The highest BCUT2D eigenvalue weighted by atomic mass is 16.5. The van der Waals surface area contributed by atoms with E-state index < -0.39 is 5.60 Å². The molecule has 1 aliphatic heterocycles. The molecule has 1 fully saturated rings. The van der Waals surface area contributed by atoms with Gasteiger partial charge < -0.3 is 10.1 Å². The van der Waals surface area contributed by atoms with Gasteiger partial charge in [0.2, 0.25) is 0 Å². The highest BCUT2D eigenvalue weighted by molar-refractivity contribution is 5.85. The van der Waals surface area contributed by atoms with E-state index in [9.17, 15) is 4.79 Å². The summed E-state index contributed by atoms with van der Waals surface area (Å²) in [6.07, 6.45) is 6.87. The number of carbonyl (C=O) groups excluding carboxylic acids is 1. The molecule has 0 aromatic carbocycles. The molecular formula is C10H15NO2. The summed E-state index contributed by atoms with van der Waals surface area (Å²) in [6, 6.07) is -0.228. The van der Waals surface area contributed by atoms with Gasteiger partial charge in [-0.25, -0.2) is 0 Å². The van der Waals surface area contributed by atoms with Crippen molar-refractivity contribution < 1.29 is 9.53 Å². The number of hydrogen-bond donors (Lipinski definition) is 1. The molecule has 0 aliphatic carbocycles. The smallest absolute Gasteiger partial charge is 0.252 e. The summed E-state index contributed by atoms with van der Waals surface area (Å²) in [4.78, 5) is 11.6. The first-order valence-electron chi connectivity index (χ1n) is 4.49. The third-order valence-electron chi connectivity index (χ3n) is 2.30. The Balaban J connectivity index is 2.52. The van der Waals surface area contributed by atoms with Gasteiger partial charge in [-0.15, -0.1) is 6.42 Å². The summed E-state index contributed by atoms with van der Waals surface area (Å²) < 4.78 is 5.37. The van der Waals surface area contributed by atoms with Crippen molar-refractivity contribution in [1.82, 2.24) is 5.32 Å². The number of ether oxygens (including phenoxy) is 1. The largest absolute Gasteiger partial charge is 0.365 e. The number of rotatable bonds is 2. The molecule has 0 saturated carbocycles. The van der Waals surface area contributed by atoms with Crippen molar-refractivity contribution in [3.63, 3.8) is 0 Å². The maximum Gasteiger partial charge on any atom is 0.252 e. The van der Waals surface area contributed by atoms with Gasteiger partial charge >= 0.3 is 0 Å². The lowest BCUT2D eigenvalue weighted by Crippen LogP contribution is -2.46. The molecule has 1 saturated heterocycles. The van der Waals surface area contributed by atoms with Crippen LogP contribution in [0.25, 0.3) is 0 Å². The fourth-order valence-electron chi connectivity index (χ4n) is 1.35. The highest BCUT2D eigenvalue weighted by Gasteiger charge is 2.37. The molecule has 1 rings (SSSR count). The summed E-state index contributed by atoms with van der Waals surface area (Å²) in [5.41, 5.74) is -0.662. The Morgan fingerprint density at radius 1 is 1.77 bits per heavy atom. The van der Waals surface area contributed by atoms with Crippen molar-refractivity contribution in [3.05, 3.63) is 0 Å². The molecule has 0 aromatic rings. The van der Waals surface area contributed by atoms with Crippen LogP contribution in [0.5, 0.6) is 0 Å². The summed E-state index contributed by atoms with van der Waals surface area (Å²) in [5, 5.41) is 2.71. The standard InChI is InChI=1S/C10H15NO2/c1-4-8(2)11-9(12)10(3)6-5-7-13-10/h1,8H,5-7H2,2-3H3,(H,11,12). The van der Waals surface area contributed by atoms with Gasteiger partial charge in [0.05, 0.1) is 6.04 Å². The van der Waals surface area contributed by atoms with Crippen molar-refractivity contribution in [2.45, 2.75) is 38.3 Å². The molecule has 1 heterocycles. The van der Waals surface area contributed by atoms with Gasteiger partial charge in [0.15, 0.2) is 0 Å². The normalized spacial score (nSPS) is 29.3. The first kappa shape index (κ1) is 10.1. The second-order valence-corrected chi connectivity index (χ2v) is 3.54. The maximum atomic E-state index is 11.6. The third kappa shape index (κ3) is 2.22. The van der Waals surface area contributed by atoms with Gasteiger partial charge in [-0.3, -0.25) is 4.79 Å². The Labute approximate surface area is 78.8 Å². The topological polar surface area (TPSA) is 38.3 Å². The molecule has 72 valence electrons. The van der Waals surface area contributed by atoms with Gasteiger partial charge in [0, 0.05) is 6.61 Å². The lowest BCUT2D eigenvalue weighted by atomic mass is 10.0. The van der Waals surface area contributed by atoms with Crippen molar-refractivity contribution >= 4 is 5.91 Å². The van der Waals surface area contributed by atoms with E-state index in [-0.39, 0.29) is 11.9 Å².